The van der Waals surface area contributed by atoms with Crippen molar-refractivity contribution in [1.82, 2.24) is 4.90 Å². The number of para-hydroxylation sites is 1. The quantitative estimate of drug-likeness (QED) is 0.457. The highest BCUT2D eigenvalue weighted by Crippen LogP contribution is 2.23. The molecule has 5 N–H and O–H groups in total. The van der Waals surface area contributed by atoms with Crippen molar-refractivity contribution in [2.24, 2.45) is 0 Å². The Bertz CT molecular complexity index is 482. The molecule has 0 aromatic heterocycles. The molecule has 2 rings (SSSR count). The molecule has 1 unspecified atom stereocenters. The summed E-state index contributed by atoms with van der Waals surface area (Å²) in [6, 6.07) is 8.22. The predicted molar refractivity (Wildman–Crippen MR) is 77.8 cm³/mol. The summed E-state index contributed by atoms with van der Waals surface area (Å²) in [6.45, 7) is -0.272. The molecule has 0 bridgehead atoms. The van der Waals surface area contributed by atoms with Crippen LogP contribution in [0.3, 0.4) is 0 Å². The molecule has 1 saturated heterocycles. The van der Waals surface area contributed by atoms with Crippen LogP contribution in [-0.2, 0) is 0 Å². The Morgan fingerprint density at radius 2 is 1.68 bits per heavy atom. The minimum Gasteiger partial charge on any atom is -0.489 e. The van der Waals surface area contributed by atoms with E-state index in [2.05, 4.69) is 0 Å². The molecule has 1 aliphatic heterocycles. The summed E-state index contributed by atoms with van der Waals surface area (Å²) in [5, 5.41) is 48.4. The van der Waals surface area contributed by atoms with E-state index >= 15 is 0 Å². The zero-order valence-electron chi connectivity index (χ0n) is 11.9. The molecule has 1 aliphatic rings. The third-order valence-corrected chi connectivity index (χ3v) is 3.64. The van der Waals surface area contributed by atoms with E-state index in [9.17, 15) is 25.5 Å². The summed E-state index contributed by atoms with van der Waals surface area (Å²) in [7, 11) is 0. The second-order valence-corrected chi connectivity index (χ2v) is 5.09. The molecule has 0 amide bonds. The standard InChI is InChI=1S/C15H21NO6/c17-9-11-12(18)13(19)14(20)15(21)16(11)7-4-8-22-10-5-2-1-3-6-10/h1-7,11-15,17-21H,8-9H2/b7-4+/t11-,12-,13+,14-,15?/m1/s1. The van der Waals surface area contributed by atoms with Crippen molar-refractivity contribution in [3.05, 3.63) is 42.6 Å². The first-order chi connectivity index (χ1) is 10.6. The molecule has 0 aliphatic carbocycles. The van der Waals surface area contributed by atoms with Gasteiger partial charge in [-0.3, -0.25) is 0 Å². The van der Waals surface area contributed by atoms with E-state index in [-0.39, 0.29) is 6.61 Å². The molecule has 1 heterocycles. The Morgan fingerprint density at radius 1 is 1.00 bits per heavy atom. The minimum atomic E-state index is -1.53. The minimum absolute atomic E-state index is 0.208. The van der Waals surface area contributed by atoms with Crippen LogP contribution in [0.25, 0.3) is 0 Å². The summed E-state index contributed by atoms with van der Waals surface area (Å²) in [5.41, 5.74) is 0. The number of hydrogen-bond acceptors (Lipinski definition) is 7. The fraction of sp³-hybridized carbons (Fsp3) is 0.467. The normalized spacial score (nSPS) is 32.4. The maximum absolute atomic E-state index is 9.95. The van der Waals surface area contributed by atoms with Crippen LogP contribution in [0.15, 0.2) is 42.6 Å². The van der Waals surface area contributed by atoms with Gasteiger partial charge in [-0.1, -0.05) is 18.2 Å². The zero-order valence-corrected chi connectivity index (χ0v) is 11.9. The molecule has 0 saturated carbocycles. The summed E-state index contributed by atoms with van der Waals surface area (Å²) in [6.07, 6.45) is -2.84. The Hall–Kier alpha value is -1.64. The molecule has 7 nitrogen and oxygen atoms in total. The maximum Gasteiger partial charge on any atom is 0.155 e. The summed E-state index contributed by atoms with van der Waals surface area (Å²) >= 11 is 0. The second kappa shape index (κ2) is 7.57. The Balaban J connectivity index is 1.98. The highest BCUT2D eigenvalue weighted by Gasteiger charge is 2.45. The molecule has 122 valence electrons. The van der Waals surface area contributed by atoms with Gasteiger partial charge in [0.2, 0.25) is 0 Å². The molecule has 5 atom stereocenters. The Kier molecular flexibility index (Phi) is 5.76. The van der Waals surface area contributed by atoms with Gasteiger partial charge in [-0.2, -0.15) is 0 Å². The highest BCUT2D eigenvalue weighted by atomic mass is 16.5. The Morgan fingerprint density at radius 3 is 2.32 bits per heavy atom. The molecule has 7 heteroatoms. The van der Waals surface area contributed by atoms with Gasteiger partial charge in [-0.25, -0.2) is 0 Å². The van der Waals surface area contributed by atoms with Crippen LogP contribution in [0.2, 0.25) is 0 Å². The van der Waals surface area contributed by atoms with Gasteiger partial charge >= 0.3 is 0 Å². The lowest BCUT2D eigenvalue weighted by molar-refractivity contribution is -0.208. The van der Waals surface area contributed by atoms with E-state index in [0.29, 0.717) is 5.75 Å². The van der Waals surface area contributed by atoms with E-state index in [1.165, 1.54) is 11.1 Å². The number of aliphatic hydroxyl groups is 5. The third-order valence-electron chi connectivity index (χ3n) is 3.64. The SMILES string of the molecule is OC[C@@H]1[C@@H](O)[C@H](O)[C@@H](O)C(O)N1/C=C/COc1ccccc1. The lowest BCUT2D eigenvalue weighted by Crippen LogP contribution is -2.65. The first-order valence-electron chi connectivity index (χ1n) is 7.01. The second-order valence-electron chi connectivity index (χ2n) is 5.09. The van der Waals surface area contributed by atoms with Crippen LogP contribution in [0.4, 0.5) is 0 Å². The summed E-state index contributed by atoms with van der Waals surface area (Å²) < 4.78 is 5.44. The fourth-order valence-electron chi connectivity index (χ4n) is 2.38. The van der Waals surface area contributed by atoms with E-state index in [1.807, 2.05) is 18.2 Å². The number of aliphatic hydroxyl groups excluding tert-OH is 5. The van der Waals surface area contributed by atoms with Gasteiger partial charge < -0.3 is 35.2 Å². The predicted octanol–water partition coefficient (Wildman–Crippen LogP) is -1.34. The van der Waals surface area contributed by atoms with Crippen molar-refractivity contribution in [1.29, 1.82) is 0 Å². The number of nitrogens with zero attached hydrogens (tertiary/aromatic N) is 1. The van der Waals surface area contributed by atoms with Crippen LogP contribution in [-0.4, -0.2) is 74.2 Å². The summed E-state index contributed by atoms with van der Waals surface area (Å²) in [4.78, 5) is 1.20. The van der Waals surface area contributed by atoms with Gasteiger partial charge in [0.05, 0.1) is 12.6 Å². The van der Waals surface area contributed by atoms with Crippen molar-refractivity contribution >= 4 is 0 Å². The summed E-state index contributed by atoms with van der Waals surface area (Å²) in [5.74, 6) is 0.681. The Labute approximate surface area is 128 Å². The molecule has 1 aromatic carbocycles. The highest BCUT2D eigenvalue weighted by molar-refractivity contribution is 5.21. The van der Waals surface area contributed by atoms with Gasteiger partial charge in [0.1, 0.15) is 30.7 Å². The number of likely N-dealkylation sites (tertiary alicyclic amines) is 1. The molecule has 1 aromatic rings. The van der Waals surface area contributed by atoms with Gasteiger partial charge in [0, 0.05) is 6.20 Å². The van der Waals surface area contributed by atoms with Crippen LogP contribution < -0.4 is 4.74 Å². The topological polar surface area (TPSA) is 114 Å². The number of benzene rings is 1. The average Bonchev–Trinajstić information content (AvgIpc) is 2.55. The molecule has 1 fully saturated rings. The van der Waals surface area contributed by atoms with Crippen molar-refractivity contribution in [3.63, 3.8) is 0 Å². The van der Waals surface area contributed by atoms with E-state index < -0.39 is 37.2 Å². The van der Waals surface area contributed by atoms with Crippen molar-refractivity contribution in [2.75, 3.05) is 13.2 Å². The maximum atomic E-state index is 9.95. The van der Waals surface area contributed by atoms with Gasteiger partial charge in [0.25, 0.3) is 0 Å². The average molecular weight is 311 g/mol. The van der Waals surface area contributed by atoms with Gasteiger partial charge in [-0.05, 0) is 18.2 Å². The number of rotatable bonds is 5. The number of hydrogen-bond donors (Lipinski definition) is 5. The zero-order chi connectivity index (χ0) is 16.1. The number of piperidine rings is 1. The first-order valence-corrected chi connectivity index (χ1v) is 7.01. The van der Waals surface area contributed by atoms with Crippen LogP contribution >= 0.6 is 0 Å². The largest absolute Gasteiger partial charge is 0.489 e. The molecule has 0 spiro atoms. The molecular formula is C15H21NO6. The van der Waals surface area contributed by atoms with Gasteiger partial charge in [-0.15, -0.1) is 0 Å². The number of ether oxygens (including phenoxy) is 1. The van der Waals surface area contributed by atoms with Crippen LogP contribution in [0.1, 0.15) is 0 Å². The fourth-order valence-corrected chi connectivity index (χ4v) is 2.38. The van der Waals surface area contributed by atoms with E-state index in [1.54, 1.807) is 18.2 Å². The van der Waals surface area contributed by atoms with Gasteiger partial charge in [0.15, 0.2) is 6.23 Å². The van der Waals surface area contributed by atoms with Crippen LogP contribution in [0.5, 0.6) is 5.75 Å². The van der Waals surface area contributed by atoms with Crippen LogP contribution in [0, 0.1) is 0 Å². The lowest BCUT2D eigenvalue weighted by atomic mass is 9.93. The van der Waals surface area contributed by atoms with E-state index in [0.717, 1.165) is 0 Å². The monoisotopic (exact) mass is 311 g/mol. The molecular weight excluding hydrogens is 290 g/mol. The molecule has 0 radical (unpaired) electrons. The smallest absolute Gasteiger partial charge is 0.155 e. The van der Waals surface area contributed by atoms with Crippen molar-refractivity contribution in [3.8, 4) is 5.75 Å². The lowest BCUT2D eigenvalue weighted by Gasteiger charge is -2.46. The first kappa shape index (κ1) is 16.7. The van der Waals surface area contributed by atoms with E-state index in [4.69, 9.17) is 4.74 Å². The molecule has 22 heavy (non-hydrogen) atoms. The third kappa shape index (κ3) is 3.57. The van der Waals surface area contributed by atoms with Crippen molar-refractivity contribution < 1.29 is 30.3 Å². The van der Waals surface area contributed by atoms with Crippen molar-refractivity contribution in [2.45, 2.75) is 30.6 Å².